The molecule has 1 N–H and O–H groups in total. The Labute approximate surface area is 132 Å². The molecule has 3 rings (SSSR count). The fraction of sp³-hybridized carbons (Fsp3) is 0.312. The summed E-state index contributed by atoms with van der Waals surface area (Å²) >= 11 is 3.53. The number of hydrazone groups is 1. The van der Waals surface area contributed by atoms with Crippen LogP contribution in [-0.2, 0) is 0 Å². The van der Waals surface area contributed by atoms with Crippen LogP contribution in [0.5, 0.6) is 0 Å². The van der Waals surface area contributed by atoms with Crippen molar-refractivity contribution in [3.63, 3.8) is 0 Å². The number of aryl methyl sites for hydroxylation is 1. The minimum Gasteiger partial charge on any atom is -0.245 e. The lowest BCUT2D eigenvalue weighted by molar-refractivity contribution is 0.960. The summed E-state index contributed by atoms with van der Waals surface area (Å²) in [4.78, 5) is 8.93. The lowest BCUT2D eigenvalue weighted by atomic mass is 10.1. The summed E-state index contributed by atoms with van der Waals surface area (Å²) in [6.45, 7) is 3.95. The Hall–Kier alpha value is -1.75. The molecule has 5 heteroatoms. The van der Waals surface area contributed by atoms with Crippen LogP contribution in [0.4, 0.5) is 5.95 Å². The van der Waals surface area contributed by atoms with Crippen molar-refractivity contribution in [3.8, 4) is 0 Å². The molecule has 1 aromatic heterocycles. The molecular weight excluding hydrogens is 328 g/mol. The first kappa shape index (κ1) is 14.2. The summed E-state index contributed by atoms with van der Waals surface area (Å²) in [5, 5.41) is 4.40. The number of rotatable bonds is 4. The summed E-state index contributed by atoms with van der Waals surface area (Å²) in [5.74, 6) is 1.18. The number of nitrogens with one attached hydrogen (secondary N) is 1. The summed E-state index contributed by atoms with van der Waals surface area (Å²) in [6, 6.07) is 10.1. The van der Waals surface area contributed by atoms with E-state index in [9.17, 15) is 0 Å². The van der Waals surface area contributed by atoms with Crippen molar-refractivity contribution in [2.75, 3.05) is 5.43 Å². The first-order chi connectivity index (χ1) is 10.1. The quantitative estimate of drug-likeness (QED) is 0.665. The van der Waals surface area contributed by atoms with E-state index in [-0.39, 0.29) is 0 Å². The van der Waals surface area contributed by atoms with Gasteiger partial charge in [0, 0.05) is 27.3 Å². The minimum absolute atomic E-state index is 0.573. The van der Waals surface area contributed by atoms with Gasteiger partial charge in [-0.25, -0.2) is 15.4 Å². The second kappa shape index (κ2) is 5.93. The van der Waals surface area contributed by atoms with Gasteiger partial charge in [-0.05, 0) is 38.8 Å². The zero-order chi connectivity index (χ0) is 14.8. The van der Waals surface area contributed by atoms with Crippen LogP contribution in [0.15, 0.2) is 39.9 Å². The van der Waals surface area contributed by atoms with Crippen LogP contribution >= 0.6 is 15.9 Å². The molecule has 0 aliphatic heterocycles. The van der Waals surface area contributed by atoms with Gasteiger partial charge in [-0.3, -0.25) is 0 Å². The van der Waals surface area contributed by atoms with Crippen molar-refractivity contribution in [2.24, 2.45) is 5.10 Å². The van der Waals surface area contributed by atoms with Gasteiger partial charge in [-0.15, -0.1) is 0 Å². The van der Waals surface area contributed by atoms with Gasteiger partial charge in [0.25, 0.3) is 0 Å². The van der Waals surface area contributed by atoms with E-state index in [1.165, 1.54) is 12.8 Å². The van der Waals surface area contributed by atoms with Crippen LogP contribution in [0.2, 0.25) is 0 Å². The maximum atomic E-state index is 4.54. The zero-order valence-corrected chi connectivity index (χ0v) is 13.7. The van der Waals surface area contributed by atoms with Gasteiger partial charge in [-0.1, -0.05) is 34.1 Å². The molecule has 0 bridgehead atoms. The summed E-state index contributed by atoms with van der Waals surface area (Å²) in [6.07, 6.45) is 2.46. The van der Waals surface area contributed by atoms with Crippen LogP contribution in [0.25, 0.3) is 0 Å². The van der Waals surface area contributed by atoms with Gasteiger partial charge in [-0.2, -0.15) is 5.10 Å². The lowest BCUT2D eigenvalue weighted by Crippen LogP contribution is -2.05. The van der Waals surface area contributed by atoms with E-state index >= 15 is 0 Å². The molecule has 0 saturated heterocycles. The number of hydrogen-bond donors (Lipinski definition) is 1. The SMILES string of the molecule is C/C(=N/Nc1nc(C)cc(C2CC2)n1)c1ccccc1Br. The third-order valence-corrected chi connectivity index (χ3v) is 4.15. The molecule has 1 aromatic carbocycles. The first-order valence-corrected chi connectivity index (χ1v) is 7.83. The van der Waals surface area contributed by atoms with Gasteiger partial charge in [0.2, 0.25) is 5.95 Å². The highest BCUT2D eigenvalue weighted by atomic mass is 79.9. The highest BCUT2D eigenvalue weighted by Gasteiger charge is 2.25. The number of aromatic nitrogens is 2. The Balaban J connectivity index is 1.80. The number of halogens is 1. The van der Waals surface area contributed by atoms with Gasteiger partial charge in [0.1, 0.15) is 0 Å². The van der Waals surface area contributed by atoms with Gasteiger partial charge < -0.3 is 0 Å². The first-order valence-electron chi connectivity index (χ1n) is 7.04. The third-order valence-electron chi connectivity index (χ3n) is 3.46. The average Bonchev–Trinajstić information content (AvgIpc) is 3.29. The highest BCUT2D eigenvalue weighted by Crippen LogP contribution is 2.39. The van der Waals surface area contributed by atoms with Gasteiger partial charge in [0.15, 0.2) is 0 Å². The van der Waals surface area contributed by atoms with E-state index in [4.69, 9.17) is 0 Å². The van der Waals surface area contributed by atoms with Crippen LogP contribution in [0.1, 0.15) is 42.6 Å². The van der Waals surface area contributed by atoms with E-state index < -0.39 is 0 Å². The Morgan fingerprint density at radius 3 is 2.76 bits per heavy atom. The molecule has 108 valence electrons. The van der Waals surface area contributed by atoms with Crippen LogP contribution < -0.4 is 5.43 Å². The molecular formula is C16H17BrN4. The van der Waals surface area contributed by atoms with Crippen LogP contribution in [0, 0.1) is 6.92 Å². The standard InChI is InChI=1S/C16H17BrN4/c1-10-9-15(12-7-8-12)19-16(18-10)21-20-11(2)13-5-3-4-6-14(13)17/h3-6,9,12H,7-8H2,1-2H3,(H,18,19,21)/b20-11-. The van der Waals surface area contributed by atoms with Crippen LogP contribution in [-0.4, -0.2) is 15.7 Å². The molecule has 0 amide bonds. The zero-order valence-electron chi connectivity index (χ0n) is 12.1. The molecule has 2 aromatic rings. The topological polar surface area (TPSA) is 50.2 Å². The molecule has 0 unspecified atom stereocenters. The normalized spacial score (nSPS) is 15.1. The molecule has 1 aliphatic rings. The monoisotopic (exact) mass is 344 g/mol. The van der Waals surface area contributed by atoms with E-state index in [0.29, 0.717) is 11.9 Å². The predicted octanol–water partition coefficient (Wildman–Crippen LogP) is 4.26. The largest absolute Gasteiger partial charge is 0.245 e. The molecule has 21 heavy (non-hydrogen) atoms. The predicted molar refractivity (Wildman–Crippen MR) is 88.7 cm³/mol. The molecule has 1 aliphatic carbocycles. The van der Waals surface area contributed by atoms with Gasteiger partial charge in [0.05, 0.1) is 5.71 Å². The second-order valence-electron chi connectivity index (χ2n) is 5.32. The van der Waals surface area contributed by atoms with Crippen molar-refractivity contribution in [3.05, 3.63) is 51.8 Å². The molecule has 1 fully saturated rings. The Bertz CT molecular complexity index is 692. The fourth-order valence-corrected chi connectivity index (χ4v) is 2.75. The number of nitrogens with zero attached hydrogens (tertiary/aromatic N) is 3. The third kappa shape index (κ3) is 3.47. The smallest absolute Gasteiger partial charge is 0.243 e. The molecule has 0 atom stereocenters. The number of benzene rings is 1. The Morgan fingerprint density at radius 2 is 2.05 bits per heavy atom. The molecule has 0 spiro atoms. The van der Waals surface area contributed by atoms with E-state index in [2.05, 4.69) is 42.5 Å². The number of hydrogen-bond acceptors (Lipinski definition) is 4. The van der Waals surface area contributed by atoms with E-state index in [1.807, 2.05) is 38.1 Å². The summed E-state index contributed by atoms with van der Waals surface area (Å²) in [7, 11) is 0. The van der Waals surface area contributed by atoms with Crippen molar-refractivity contribution in [1.82, 2.24) is 9.97 Å². The van der Waals surface area contributed by atoms with E-state index in [0.717, 1.165) is 27.1 Å². The van der Waals surface area contributed by atoms with Crippen molar-refractivity contribution >= 4 is 27.6 Å². The fourth-order valence-electron chi connectivity index (χ4n) is 2.18. The molecule has 4 nitrogen and oxygen atoms in total. The highest BCUT2D eigenvalue weighted by molar-refractivity contribution is 9.10. The summed E-state index contributed by atoms with van der Waals surface area (Å²) in [5.41, 5.74) is 7.02. The lowest BCUT2D eigenvalue weighted by Gasteiger charge is -2.06. The average molecular weight is 345 g/mol. The second-order valence-corrected chi connectivity index (χ2v) is 6.18. The number of anilines is 1. The molecule has 1 saturated carbocycles. The minimum atomic E-state index is 0.573. The summed E-state index contributed by atoms with van der Waals surface area (Å²) < 4.78 is 1.02. The van der Waals surface area contributed by atoms with Crippen molar-refractivity contribution in [2.45, 2.75) is 32.6 Å². The maximum absolute atomic E-state index is 4.54. The van der Waals surface area contributed by atoms with E-state index in [1.54, 1.807) is 0 Å². The van der Waals surface area contributed by atoms with Crippen molar-refractivity contribution < 1.29 is 0 Å². The molecule has 1 heterocycles. The Morgan fingerprint density at radius 1 is 1.29 bits per heavy atom. The van der Waals surface area contributed by atoms with Crippen molar-refractivity contribution in [1.29, 1.82) is 0 Å². The van der Waals surface area contributed by atoms with Gasteiger partial charge >= 0.3 is 0 Å². The molecule has 0 radical (unpaired) electrons. The maximum Gasteiger partial charge on any atom is 0.243 e. The van der Waals surface area contributed by atoms with Crippen LogP contribution in [0.3, 0.4) is 0 Å². The Kier molecular flexibility index (Phi) is 4.01.